The van der Waals surface area contributed by atoms with E-state index in [0.717, 1.165) is 0 Å². The third-order valence-electron chi connectivity index (χ3n) is 3.77. The first-order chi connectivity index (χ1) is 12.5. The van der Waals surface area contributed by atoms with Crippen LogP contribution in [0.2, 0.25) is 0 Å². The fourth-order valence-corrected chi connectivity index (χ4v) is 2.38. The number of amides is 2. The predicted octanol–water partition coefficient (Wildman–Crippen LogP) is 2.77. The Morgan fingerprint density at radius 2 is 1.92 bits per heavy atom. The number of carbonyl (C=O) groups is 2. The Morgan fingerprint density at radius 1 is 1.15 bits per heavy atom. The van der Waals surface area contributed by atoms with Crippen molar-refractivity contribution in [2.24, 2.45) is 0 Å². The fourth-order valence-electron chi connectivity index (χ4n) is 2.38. The van der Waals surface area contributed by atoms with Gasteiger partial charge in [-0.05, 0) is 37.3 Å². The van der Waals surface area contributed by atoms with Gasteiger partial charge in [-0.15, -0.1) is 0 Å². The maximum Gasteiger partial charge on any atom is 0.251 e. The van der Waals surface area contributed by atoms with Crippen LogP contribution in [0.25, 0.3) is 5.69 Å². The number of anilines is 1. The van der Waals surface area contributed by atoms with E-state index in [4.69, 9.17) is 0 Å². The number of imidazole rings is 1. The van der Waals surface area contributed by atoms with E-state index in [0.29, 0.717) is 16.9 Å². The van der Waals surface area contributed by atoms with Crippen molar-refractivity contribution in [2.45, 2.75) is 13.0 Å². The lowest BCUT2D eigenvalue weighted by Crippen LogP contribution is -2.41. The quantitative estimate of drug-likeness (QED) is 0.741. The highest BCUT2D eigenvalue weighted by molar-refractivity contribution is 6.00. The molecule has 1 aromatic heterocycles. The Balaban J connectivity index is 1.64. The lowest BCUT2D eigenvalue weighted by molar-refractivity contribution is -0.117. The summed E-state index contributed by atoms with van der Waals surface area (Å²) in [5.74, 6) is -1.29. The molecule has 0 radical (unpaired) electrons. The van der Waals surface area contributed by atoms with E-state index in [1.165, 1.54) is 17.0 Å². The average Bonchev–Trinajstić information content (AvgIpc) is 3.16. The minimum Gasteiger partial charge on any atom is -0.341 e. The first-order valence-electron chi connectivity index (χ1n) is 7.99. The average molecular weight is 352 g/mol. The second-order valence-corrected chi connectivity index (χ2v) is 5.69. The molecule has 6 nitrogen and oxygen atoms in total. The Kier molecular flexibility index (Phi) is 5.07. The molecule has 0 saturated heterocycles. The zero-order chi connectivity index (χ0) is 18.5. The van der Waals surface area contributed by atoms with Crippen LogP contribution in [0.3, 0.4) is 0 Å². The van der Waals surface area contributed by atoms with Crippen LogP contribution >= 0.6 is 0 Å². The summed E-state index contributed by atoms with van der Waals surface area (Å²) < 4.78 is 15.8. The number of hydrogen-bond donors (Lipinski definition) is 2. The van der Waals surface area contributed by atoms with E-state index >= 15 is 0 Å². The molecule has 0 fully saturated rings. The summed E-state index contributed by atoms with van der Waals surface area (Å²) >= 11 is 0. The molecule has 0 aliphatic carbocycles. The number of aromatic nitrogens is 2. The number of hydrogen-bond acceptors (Lipinski definition) is 3. The second-order valence-electron chi connectivity index (χ2n) is 5.69. The van der Waals surface area contributed by atoms with Crippen molar-refractivity contribution < 1.29 is 14.0 Å². The number of nitrogens with one attached hydrogen (secondary N) is 2. The second kappa shape index (κ2) is 7.60. The molecular formula is C19H17FN4O2. The van der Waals surface area contributed by atoms with Crippen molar-refractivity contribution in [3.63, 3.8) is 0 Å². The van der Waals surface area contributed by atoms with Crippen LogP contribution in [0.4, 0.5) is 10.1 Å². The van der Waals surface area contributed by atoms with Crippen molar-refractivity contribution in [1.29, 1.82) is 0 Å². The Hall–Kier alpha value is -3.48. The van der Waals surface area contributed by atoms with E-state index in [1.54, 1.807) is 61.8 Å². The molecule has 2 N–H and O–H groups in total. The van der Waals surface area contributed by atoms with E-state index < -0.39 is 17.8 Å². The summed E-state index contributed by atoms with van der Waals surface area (Å²) in [7, 11) is 0. The van der Waals surface area contributed by atoms with Crippen LogP contribution in [0, 0.1) is 5.82 Å². The molecule has 1 unspecified atom stereocenters. The van der Waals surface area contributed by atoms with Gasteiger partial charge >= 0.3 is 0 Å². The van der Waals surface area contributed by atoms with Gasteiger partial charge in [0.1, 0.15) is 11.9 Å². The first-order valence-corrected chi connectivity index (χ1v) is 7.99. The van der Waals surface area contributed by atoms with Crippen LogP contribution in [0.15, 0.2) is 67.3 Å². The maximum absolute atomic E-state index is 14.2. The van der Waals surface area contributed by atoms with Crippen LogP contribution < -0.4 is 10.6 Å². The summed E-state index contributed by atoms with van der Waals surface area (Å²) in [6.07, 6.45) is 4.65. The lowest BCUT2D eigenvalue weighted by atomic mass is 10.2. The van der Waals surface area contributed by atoms with Gasteiger partial charge in [0, 0.05) is 23.6 Å². The summed E-state index contributed by atoms with van der Waals surface area (Å²) in [5, 5.41) is 5.20. The Morgan fingerprint density at radius 3 is 2.58 bits per heavy atom. The van der Waals surface area contributed by atoms with Gasteiger partial charge in [0.2, 0.25) is 5.91 Å². The van der Waals surface area contributed by atoms with E-state index in [2.05, 4.69) is 15.6 Å². The van der Waals surface area contributed by atoms with E-state index in [1.807, 2.05) is 0 Å². The molecular weight excluding hydrogens is 335 g/mol. The van der Waals surface area contributed by atoms with Crippen LogP contribution in [-0.2, 0) is 4.79 Å². The first kappa shape index (κ1) is 17.3. The van der Waals surface area contributed by atoms with E-state index in [9.17, 15) is 14.0 Å². The van der Waals surface area contributed by atoms with Gasteiger partial charge in [-0.3, -0.25) is 9.59 Å². The highest BCUT2D eigenvalue weighted by atomic mass is 19.1. The van der Waals surface area contributed by atoms with Crippen LogP contribution in [0.5, 0.6) is 0 Å². The van der Waals surface area contributed by atoms with Gasteiger partial charge < -0.3 is 15.2 Å². The van der Waals surface area contributed by atoms with Gasteiger partial charge in [0.05, 0.1) is 12.0 Å². The van der Waals surface area contributed by atoms with Gasteiger partial charge in [-0.1, -0.05) is 18.2 Å². The lowest BCUT2D eigenvalue weighted by Gasteiger charge is -2.15. The largest absolute Gasteiger partial charge is 0.341 e. The topological polar surface area (TPSA) is 76.0 Å². The zero-order valence-electron chi connectivity index (χ0n) is 14.0. The smallest absolute Gasteiger partial charge is 0.251 e. The summed E-state index contributed by atoms with van der Waals surface area (Å²) in [6, 6.07) is 12.2. The number of rotatable bonds is 5. The van der Waals surface area contributed by atoms with Crippen LogP contribution in [-0.4, -0.2) is 27.4 Å². The molecule has 0 bridgehead atoms. The highest BCUT2D eigenvalue weighted by Gasteiger charge is 2.17. The van der Waals surface area contributed by atoms with E-state index in [-0.39, 0.29) is 5.91 Å². The van der Waals surface area contributed by atoms with Gasteiger partial charge in [0.25, 0.3) is 5.91 Å². The Bertz CT molecular complexity index is 911. The van der Waals surface area contributed by atoms with Crippen molar-refractivity contribution in [1.82, 2.24) is 14.9 Å². The molecule has 0 aliphatic rings. The molecule has 0 saturated carbocycles. The molecule has 7 heteroatoms. The predicted molar refractivity (Wildman–Crippen MR) is 95.5 cm³/mol. The Labute approximate surface area is 149 Å². The summed E-state index contributed by atoms with van der Waals surface area (Å²) in [5.41, 5.74) is 1.09. The van der Waals surface area contributed by atoms with Gasteiger partial charge in [-0.25, -0.2) is 9.37 Å². The SMILES string of the molecule is CC(NC(=O)c1ccccc1)C(=O)Nc1ccc(-n2ccnc2)c(F)c1. The van der Waals surface area contributed by atoms with Crippen molar-refractivity contribution in [3.05, 3.63) is 78.6 Å². The standard InChI is InChI=1S/C19H17FN4O2/c1-13(22-19(26)14-5-3-2-4-6-14)18(25)23-15-7-8-17(16(20)11-15)24-10-9-21-12-24/h2-13H,1H3,(H,22,26)(H,23,25). The molecule has 2 amide bonds. The zero-order valence-corrected chi connectivity index (χ0v) is 14.0. The molecule has 3 rings (SSSR count). The molecule has 1 heterocycles. The minimum absolute atomic E-state index is 0.303. The van der Waals surface area contributed by atoms with Crippen molar-refractivity contribution in [3.8, 4) is 5.69 Å². The molecule has 132 valence electrons. The molecule has 0 aliphatic heterocycles. The third-order valence-corrected chi connectivity index (χ3v) is 3.77. The van der Waals surface area contributed by atoms with Crippen molar-refractivity contribution in [2.75, 3.05) is 5.32 Å². The van der Waals surface area contributed by atoms with Crippen molar-refractivity contribution >= 4 is 17.5 Å². The van der Waals surface area contributed by atoms with Gasteiger partial charge in [0.15, 0.2) is 0 Å². The summed E-state index contributed by atoms with van der Waals surface area (Å²) in [4.78, 5) is 28.2. The molecule has 1 atom stereocenters. The highest BCUT2D eigenvalue weighted by Crippen LogP contribution is 2.18. The monoisotopic (exact) mass is 352 g/mol. The number of halogens is 1. The van der Waals surface area contributed by atoms with Gasteiger partial charge in [-0.2, -0.15) is 0 Å². The minimum atomic E-state index is -0.779. The molecule has 2 aromatic carbocycles. The third kappa shape index (κ3) is 3.94. The number of benzene rings is 2. The normalized spacial score (nSPS) is 11.6. The maximum atomic E-state index is 14.2. The summed E-state index contributed by atoms with van der Waals surface area (Å²) in [6.45, 7) is 1.56. The molecule has 0 spiro atoms. The number of carbonyl (C=O) groups excluding carboxylic acids is 2. The molecule has 26 heavy (non-hydrogen) atoms. The van der Waals surface area contributed by atoms with Crippen LogP contribution in [0.1, 0.15) is 17.3 Å². The molecule has 3 aromatic rings. The fraction of sp³-hybridized carbons (Fsp3) is 0.105. The number of nitrogens with zero attached hydrogens (tertiary/aromatic N) is 2.